The second-order valence-electron chi connectivity index (χ2n) is 9.03. The van der Waals surface area contributed by atoms with Crippen molar-refractivity contribution >= 4 is 36.7 Å². The predicted octanol–water partition coefficient (Wildman–Crippen LogP) is 7.63. The van der Waals surface area contributed by atoms with Gasteiger partial charge in [-0.3, -0.25) is 0 Å². The van der Waals surface area contributed by atoms with Crippen molar-refractivity contribution in [3.63, 3.8) is 0 Å². The van der Waals surface area contributed by atoms with Crippen LogP contribution in [0.5, 0.6) is 11.5 Å². The molecule has 5 rings (SSSR count). The van der Waals surface area contributed by atoms with Gasteiger partial charge in [0.1, 0.15) is 0 Å². The Balaban J connectivity index is 1.97. The van der Waals surface area contributed by atoms with Gasteiger partial charge in [-0.25, -0.2) is 0 Å². The van der Waals surface area contributed by atoms with Crippen molar-refractivity contribution < 1.29 is 9.47 Å². The molecule has 0 unspecified atom stereocenters. The molecule has 0 aliphatic carbocycles. The number of hydrogen-bond acceptors (Lipinski definition) is 2. The van der Waals surface area contributed by atoms with Crippen molar-refractivity contribution in [2.45, 2.75) is 5.66 Å². The van der Waals surface area contributed by atoms with Gasteiger partial charge in [0.15, 0.2) is 0 Å². The van der Waals surface area contributed by atoms with E-state index in [1.54, 1.807) is 14.2 Å². The molecule has 0 amide bonds. The van der Waals surface area contributed by atoms with Gasteiger partial charge in [0.25, 0.3) is 0 Å². The maximum absolute atomic E-state index is 5.53. The van der Waals surface area contributed by atoms with Crippen LogP contribution in [-0.2, 0) is 0 Å². The van der Waals surface area contributed by atoms with Gasteiger partial charge in [-0.1, -0.05) is 0 Å². The Kier molecular flexibility index (Phi) is 7.20. The first kappa shape index (κ1) is 25.3. The predicted molar refractivity (Wildman–Crippen MR) is 162 cm³/mol. The number of methoxy groups -OCH3 is 2. The minimum atomic E-state index is -3.39. The van der Waals surface area contributed by atoms with Crippen molar-refractivity contribution in [2.75, 3.05) is 14.2 Å². The molecule has 0 spiro atoms. The summed E-state index contributed by atoms with van der Waals surface area (Å²) in [5.41, 5.74) is 2.38. The third-order valence-electron chi connectivity index (χ3n) is 7.13. The van der Waals surface area contributed by atoms with E-state index in [9.17, 15) is 0 Å². The number of rotatable bonds is 8. The molecule has 0 atom stereocenters. The number of halogens is 1. The Morgan fingerprint density at radius 1 is 0.459 bits per heavy atom. The van der Waals surface area contributed by atoms with Crippen LogP contribution in [0.3, 0.4) is 0 Å². The van der Waals surface area contributed by atoms with Crippen molar-refractivity contribution in [1.29, 1.82) is 0 Å². The van der Waals surface area contributed by atoms with E-state index < -0.39 is 5.31 Å². The summed E-state index contributed by atoms with van der Waals surface area (Å²) in [6.45, 7) is 0. The van der Waals surface area contributed by atoms with Crippen LogP contribution in [0.15, 0.2) is 140 Å². The van der Waals surface area contributed by atoms with Crippen LogP contribution in [0.25, 0.3) is 0 Å². The molecule has 0 aromatic heterocycles. The van der Waals surface area contributed by atoms with E-state index in [2.05, 4.69) is 140 Å². The Labute approximate surface area is 227 Å². The number of ether oxygens (including phenoxy) is 2. The Morgan fingerprint density at radius 2 is 0.757 bits per heavy atom. The monoisotopic (exact) mass is 568 g/mol. The summed E-state index contributed by atoms with van der Waals surface area (Å²) >= 11 is 4.70. The van der Waals surface area contributed by atoms with Crippen LogP contribution in [-0.4, -0.2) is 14.2 Å². The first-order chi connectivity index (χ1) is 18.1. The molecule has 0 heterocycles. The third-order valence-corrected chi connectivity index (χ3v) is 17.5. The van der Waals surface area contributed by atoms with E-state index in [4.69, 9.17) is 25.0 Å². The topological polar surface area (TPSA) is 18.5 Å². The van der Waals surface area contributed by atoms with E-state index in [1.165, 1.54) is 27.0 Å². The average molecular weight is 569 g/mol. The van der Waals surface area contributed by atoms with Gasteiger partial charge in [-0.15, -0.1) is 0 Å². The van der Waals surface area contributed by atoms with Gasteiger partial charge < -0.3 is 0 Å². The van der Waals surface area contributed by atoms with Crippen molar-refractivity contribution in [2.24, 2.45) is 0 Å². The fraction of sp³-hybridized carbons (Fsp3) is 0.0909. The van der Waals surface area contributed by atoms with Gasteiger partial charge in [0.2, 0.25) is 0 Å². The van der Waals surface area contributed by atoms with E-state index in [1.807, 2.05) is 0 Å². The summed E-state index contributed by atoms with van der Waals surface area (Å²) in [6, 6.07) is 49.8. The van der Waals surface area contributed by atoms with Gasteiger partial charge >= 0.3 is 228 Å². The summed E-state index contributed by atoms with van der Waals surface area (Å²) in [5.74, 6) is 1.68. The molecule has 0 aliphatic heterocycles. The fourth-order valence-corrected chi connectivity index (χ4v) is 14.4. The Morgan fingerprint density at radius 3 is 1.03 bits per heavy atom. The third kappa shape index (κ3) is 4.27. The molecule has 5 aromatic carbocycles. The quantitative estimate of drug-likeness (QED) is 0.179. The van der Waals surface area contributed by atoms with E-state index in [0.717, 1.165) is 11.5 Å². The molecule has 0 bridgehead atoms. The molecule has 0 saturated heterocycles. The Bertz CT molecular complexity index is 1290. The van der Waals surface area contributed by atoms with Crippen LogP contribution < -0.4 is 25.4 Å². The van der Waals surface area contributed by atoms with Crippen molar-refractivity contribution in [3.05, 3.63) is 151 Å². The minimum absolute atomic E-state index is 0.0324. The summed E-state index contributed by atoms with van der Waals surface area (Å²) in [7, 11) is 3.41. The summed E-state index contributed by atoms with van der Waals surface area (Å²) in [5, 5.41) is 0.405. The van der Waals surface area contributed by atoms with E-state index in [0.29, 0.717) is 0 Å². The molecule has 4 heteroatoms. The maximum atomic E-state index is 5.53. The molecule has 0 N–H and O–H groups in total. The molecule has 5 aromatic rings. The molecule has 2 nitrogen and oxygen atoms in total. The summed E-state index contributed by atoms with van der Waals surface area (Å²) in [6.07, 6.45) is 0. The zero-order chi connectivity index (χ0) is 25.7. The molecule has 0 fully saturated rings. The molecular formula is C33H30BrO2P. The van der Waals surface area contributed by atoms with Crippen molar-refractivity contribution in [3.8, 4) is 11.5 Å². The van der Waals surface area contributed by atoms with Gasteiger partial charge in [-0.05, 0) is 0 Å². The van der Waals surface area contributed by atoms with Crippen LogP contribution >= 0.6 is 20.8 Å². The first-order valence-electron chi connectivity index (χ1n) is 12.3. The second-order valence-corrected chi connectivity index (χ2v) is 17.7. The van der Waals surface area contributed by atoms with Crippen LogP contribution in [0.4, 0.5) is 0 Å². The van der Waals surface area contributed by atoms with Crippen LogP contribution in [0.1, 0.15) is 16.8 Å². The normalized spacial score (nSPS) is 12.5. The summed E-state index contributed by atoms with van der Waals surface area (Å²) < 4.78 is 11.1. The van der Waals surface area contributed by atoms with Crippen LogP contribution in [0.2, 0.25) is 0 Å². The molecule has 186 valence electrons. The summed E-state index contributed by atoms with van der Waals surface area (Å²) in [4.78, 5) is 0. The van der Waals surface area contributed by atoms with Crippen molar-refractivity contribution in [1.82, 2.24) is 0 Å². The first-order valence-corrected chi connectivity index (χ1v) is 16.6. The second kappa shape index (κ2) is 10.5. The molecule has 0 aliphatic rings. The molecule has 37 heavy (non-hydrogen) atoms. The standard InChI is InChI=1S/C33H30BrO2P/c1-35-28-22-18-26(19-23-28)33(27-20-24-29(36-2)25-21-27)37(34,30-12-6-3-7-13-30,31-14-8-4-9-15-31)32-16-10-5-11-17-32/h3-25,33H,1-2H3. The SMILES string of the molecule is COc1ccc(C(c2ccc(OC)cc2)P(Br)(c2ccccc2)(c2ccccc2)c2ccccc2)cc1. The zero-order valence-electron chi connectivity index (χ0n) is 21.0. The van der Waals surface area contributed by atoms with Gasteiger partial charge in [0, 0.05) is 0 Å². The molecule has 0 radical (unpaired) electrons. The van der Waals surface area contributed by atoms with E-state index >= 15 is 0 Å². The number of benzene rings is 5. The van der Waals surface area contributed by atoms with E-state index in [-0.39, 0.29) is 5.66 Å². The average Bonchev–Trinajstić information content (AvgIpc) is 2.99. The zero-order valence-corrected chi connectivity index (χ0v) is 23.5. The Hall–Kier alpha value is -3.39. The van der Waals surface area contributed by atoms with Crippen LogP contribution in [0, 0.1) is 0 Å². The van der Waals surface area contributed by atoms with Gasteiger partial charge in [0.05, 0.1) is 0 Å². The molecular weight excluding hydrogens is 539 g/mol. The fourth-order valence-electron chi connectivity index (χ4n) is 5.38. The molecule has 0 saturated carbocycles. The van der Waals surface area contributed by atoms with Gasteiger partial charge in [-0.2, -0.15) is 0 Å². The number of hydrogen-bond donors (Lipinski definition) is 0.